The van der Waals surface area contributed by atoms with Gasteiger partial charge in [0.1, 0.15) is 24.0 Å². The molecule has 0 atom stereocenters. The van der Waals surface area contributed by atoms with Gasteiger partial charge in [0.2, 0.25) is 0 Å². The Kier molecular flexibility index (Phi) is 10.5. The van der Waals surface area contributed by atoms with Crippen LogP contribution in [0.25, 0.3) is 70.4 Å². The number of fused-ring (bicyclic) bond motifs is 6. The van der Waals surface area contributed by atoms with Crippen molar-refractivity contribution in [1.82, 2.24) is 9.55 Å². The highest BCUT2D eigenvalue weighted by Gasteiger charge is 2.33. The molecule has 0 spiro atoms. The van der Waals surface area contributed by atoms with E-state index in [9.17, 15) is 0 Å². The number of hydrogen-bond donors (Lipinski definition) is 0. The third-order valence-electron chi connectivity index (χ3n) is 13.8. The summed E-state index contributed by atoms with van der Waals surface area (Å²) in [5.41, 5.74) is 16.2. The van der Waals surface area contributed by atoms with Crippen LogP contribution < -0.4 is 14.5 Å². The normalized spacial score (nSPS) is 12.9. The predicted octanol–water partition coefficient (Wildman–Crippen LogP) is 18.0. The first kappa shape index (κ1) is 43.4. The molecule has 6 heteroatoms. The molecule has 5 nitrogen and oxygen atoms in total. The van der Waals surface area contributed by atoms with Crippen LogP contribution >= 0.6 is 11.3 Å². The van der Waals surface area contributed by atoms with Gasteiger partial charge in [-0.15, -0.1) is 11.3 Å². The Hall–Kier alpha value is -7.93. The van der Waals surface area contributed by atoms with Gasteiger partial charge in [0.25, 0.3) is 0 Å². The molecule has 8 aromatic carbocycles. The molecule has 1 aliphatic heterocycles. The van der Waals surface area contributed by atoms with Crippen molar-refractivity contribution in [3.05, 3.63) is 218 Å². The van der Waals surface area contributed by atoms with Crippen LogP contribution in [-0.2, 0) is 10.8 Å². The molecule has 12 rings (SSSR count). The second kappa shape index (κ2) is 16.9. The van der Waals surface area contributed by atoms with Crippen LogP contribution in [0.5, 0.6) is 11.5 Å². The van der Waals surface area contributed by atoms with Crippen molar-refractivity contribution in [1.29, 1.82) is 0 Å². The standard InChI is InChI=1S/C64H54N4OS/c1-63(2,3)46-32-33-65-59(38-46)68-57-40-49(30-31-51(57)62-61(68)52-26-16-19-29-58(52)70-62)69-50-35-45(42-20-10-7-11-21-42)34-48(39-50)66-41-67(56-28-18-17-27-55(56)66)60-53(43-22-12-8-13-23-43)36-47(64(4,5)6)37-54(60)44-24-14-9-15-25-44/h7-40H,41H2,1-6H3. The van der Waals surface area contributed by atoms with Gasteiger partial charge in [0.05, 0.1) is 32.8 Å². The summed E-state index contributed by atoms with van der Waals surface area (Å²) < 4.78 is 12.0. The topological polar surface area (TPSA) is 33.5 Å². The van der Waals surface area contributed by atoms with Crippen LogP contribution in [0.1, 0.15) is 52.7 Å². The van der Waals surface area contributed by atoms with Crippen molar-refractivity contribution in [3.8, 4) is 50.7 Å². The number of hydrogen-bond acceptors (Lipinski definition) is 5. The van der Waals surface area contributed by atoms with Crippen LogP contribution in [0.4, 0.5) is 22.7 Å². The minimum atomic E-state index is -0.0683. The molecule has 0 bridgehead atoms. The maximum absolute atomic E-state index is 7.11. The number of thiophene rings is 1. The van der Waals surface area contributed by atoms with Gasteiger partial charge in [-0.3, -0.25) is 4.57 Å². The summed E-state index contributed by atoms with van der Waals surface area (Å²) >= 11 is 1.84. The summed E-state index contributed by atoms with van der Waals surface area (Å²) in [5.74, 6) is 2.42. The van der Waals surface area contributed by atoms with Crippen molar-refractivity contribution in [2.75, 3.05) is 16.5 Å². The van der Waals surface area contributed by atoms with E-state index in [2.05, 4.69) is 256 Å². The van der Waals surface area contributed by atoms with E-state index >= 15 is 0 Å². The molecule has 0 saturated heterocycles. The number of nitrogens with zero attached hydrogens (tertiary/aromatic N) is 4. The van der Waals surface area contributed by atoms with Gasteiger partial charge in [-0.1, -0.05) is 163 Å². The number of pyridine rings is 1. The lowest BCUT2D eigenvalue weighted by molar-refractivity contribution is 0.483. The molecule has 11 aromatic rings. The van der Waals surface area contributed by atoms with E-state index in [-0.39, 0.29) is 10.8 Å². The molecule has 0 saturated carbocycles. The third-order valence-corrected chi connectivity index (χ3v) is 15.0. The lowest BCUT2D eigenvalue weighted by Gasteiger charge is -2.30. The minimum Gasteiger partial charge on any atom is -0.457 e. The molecule has 3 aromatic heterocycles. The van der Waals surface area contributed by atoms with Gasteiger partial charge in [0, 0.05) is 50.6 Å². The van der Waals surface area contributed by atoms with Gasteiger partial charge >= 0.3 is 0 Å². The minimum absolute atomic E-state index is 0.0373. The fourth-order valence-corrected chi connectivity index (χ4v) is 11.4. The average molecular weight is 927 g/mol. The molecule has 342 valence electrons. The van der Waals surface area contributed by atoms with Crippen molar-refractivity contribution in [3.63, 3.8) is 0 Å². The first-order valence-corrected chi connectivity index (χ1v) is 25.0. The number of rotatable bonds is 8. The number of para-hydroxylation sites is 2. The molecule has 0 radical (unpaired) electrons. The van der Waals surface area contributed by atoms with E-state index in [1.165, 1.54) is 64.8 Å². The Morgan fingerprint density at radius 3 is 1.74 bits per heavy atom. The molecule has 0 N–H and O–H groups in total. The lowest BCUT2D eigenvalue weighted by Crippen LogP contribution is -2.25. The molecular formula is C64H54N4OS. The molecule has 4 heterocycles. The second-order valence-electron chi connectivity index (χ2n) is 20.5. The monoisotopic (exact) mass is 926 g/mol. The Morgan fingerprint density at radius 1 is 0.486 bits per heavy atom. The van der Waals surface area contributed by atoms with Crippen LogP contribution in [0.2, 0.25) is 0 Å². The highest BCUT2D eigenvalue weighted by atomic mass is 32.1. The fourth-order valence-electron chi connectivity index (χ4n) is 10.1. The van der Waals surface area contributed by atoms with E-state index in [1.54, 1.807) is 0 Å². The maximum atomic E-state index is 7.11. The number of ether oxygens (including phenoxy) is 1. The quantitative estimate of drug-likeness (QED) is 0.152. The summed E-state index contributed by atoms with van der Waals surface area (Å²) in [6.07, 6.45) is 1.95. The zero-order valence-electron chi connectivity index (χ0n) is 40.4. The van der Waals surface area contributed by atoms with Crippen LogP contribution in [0.15, 0.2) is 206 Å². The molecule has 0 aliphatic carbocycles. The molecular weight excluding hydrogens is 873 g/mol. The lowest BCUT2D eigenvalue weighted by atomic mass is 9.82. The van der Waals surface area contributed by atoms with Crippen LogP contribution in [-0.4, -0.2) is 16.2 Å². The average Bonchev–Trinajstić information content (AvgIpc) is 4.05. The van der Waals surface area contributed by atoms with Crippen molar-refractivity contribution >= 4 is 65.3 Å². The molecule has 0 fully saturated rings. The fraction of sp³-hybridized carbons (Fsp3) is 0.141. The van der Waals surface area contributed by atoms with Crippen molar-refractivity contribution in [2.45, 2.75) is 52.4 Å². The second-order valence-corrected chi connectivity index (χ2v) is 21.6. The van der Waals surface area contributed by atoms with Gasteiger partial charge in [-0.25, -0.2) is 4.98 Å². The van der Waals surface area contributed by atoms with Gasteiger partial charge < -0.3 is 14.5 Å². The zero-order chi connectivity index (χ0) is 47.7. The maximum Gasteiger partial charge on any atom is 0.137 e. The first-order valence-electron chi connectivity index (χ1n) is 24.2. The SMILES string of the molecule is CC(C)(C)c1ccnc(-n2c3cc(Oc4cc(-c5ccccc5)cc(N5CN(c6c(-c7ccccc7)cc(C(C)(C)C)cc6-c6ccccc6)c6ccccc65)c4)ccc3c3sc4ccccc4c32)c1. The highest BCUT2D eigenvalue weighted by molar-refractivity contribution is 7.26. The highest BCUT2D eigenvalue weighted by Crippen LogP contribution is 2.52. The smallest absolute Gasteiger partial charge is 0.137 e. The summed E-state index contributed by atoms with van der Waals surface area (Å²) in [5, 5.41) is 2.40. The van der Waals surface area contributed by atoms with E-state index in [0.29, 0.717) is 6.67 Å². The first-order chi connectivity index (χ1) is 34.0. The molecule has 0 amide bonds. The largest absolute Gasteiger partial charge is 0.457 e. The Labute approximate surface area is 414 Å². The van der Waals surface area contributed by atoms with Crippen molar-refractivity contribution < 1.29 is 4.74 Å². The molecule has 70 heavy (non-hydrogen) atoms. The van der Waals surface area contributed by atoms with E-state index in [0.717, 1.165) is 51.0 Å². The van der Waals surface area contributed by atoms with E-state index in [4.69, 9.17) is 9.72 Å². The summed E-state index contributed by atoms with van der Waals surface area (Å²) in [6, 6.07) is 72.4. The molecule has 0 unspecified atom stereocenters. The summed E-state index contributed by atoms with van der Waals surface area (Å²) in [6.45, 7) is 14.3. The Morgan fingerprint density at radius 2 is 1.09 bits per heavy atom. The summed E-state index contributed by atoms with van der Waals surface area (Å²) in [7, 11) is 0. The predicted molar refractivity (Wildman–Crippen MR) is 296 cm³/mol. The van der Waals surface area contributed by atoms with Crippen molar-refractivity contribution in [2.24, 2.45) is 0 Å². The van der Waals surface area contributed by atoms with Crippen LogP contribution in [0.3, 0.4) is 0 Å². The van der Waals surface area contributed by atoms with E-state index in [1.807, 2.05) is 17.5 Å². The number of anilines is 4. The Balaban J connectivity index is 1.01. The van der Waals surface area contributed by atoms with Gasteiger partial charge in [-0.2, -0.15) is 0 Å². The summed E-state index contributed by atoms with van der Waals surface area (Å²) in [4.78, 5) is 9.98. The Bertz CT molecular complexity index is 3690. The molecule has 1 aliphatic rings. The van der Waals surface area contributed by atoms with E-state index < -0.39 is 0 Å². The third kappa shape index (κ3) is 7.69. The van der Waals surface area contributed by atoms with Crippen LogP contribution in [0, 0.1) is 0 Å². The number of aromatic nitrogens is 2. The number of benzene rings is 8. The van der Waals surface area contributed by atoms with Gasteiger partial charge in [-0.05, 0) is 111 Å². The van der Waals surface area contributed by atoms with Gasteiger partial charge in [0.15, 0.2) is 0 Å². The zero-order valence-corrected chi connectivity index (χ0v) is 41.3.